The van der Waals surface area contributed by atoms with Crippen molar-refractivity contribution in [3.63, 3.8) is 0 Å². The van der Waals surface area contributed by atoms with Gasteiger partial charge in [0.2, 0.25) is 6.23 Å². The first-order valence-electron chi connectivity index (χ1n) is 12.3. The van der Waals surface area contributed by atoms with Gasteiger partial charge in [-0.05, 0) is 54.4 Å². The van der Waals surface area contributed by atoms with Crippen LogP contribution in [0, 0.1) is 0 Å². The van der Waals surface area contributed by atoms with Crippen molar-refractivity contribution >= 4 is 5.71 Å². The second kappa shape index (κ2) is 10.2. The van der Waals surface area contributed by atoms with E-state index in [0.717, 1.165) is 59.1 Å². The van der Waals surface area contributed by atoms with Crippen LogP contribution in [0.3, 0.4) is 0 Å². The van der Waals surface area contributed by atoms with Crippen molar-refractivity contribution in [1.29, 1.82) is 0 Å². The van der Waals surface area contributed by atoms with Crippen LogP contribution in [0.5, 0.6) is 17.2 Å². The molecule has 5 rings (SSSR count). The Morgan fingerprint density at radius 3 is 2.50 bits per heavy atom. The second-order valence-corrected chi connectivity index (χ2v) is 8.86. The Kier molecular flexibility index (Phi) is 6.70. The first-order chi connectivity index (χ1) is 16.8. The molecule has 0 fully saturated rings. The smallest absolute Gasteiger partial charge is 0.213 e. The summed E-state index contributed by atoms with van der Waals surface area (Å²) in [4.78, 5) is 0. The van der Waals surface area contributed by atoms with Crippen molar-refractivity contribution in [2.75, 3.05) is 13.7 Å². The molecule has 176 valence electrons. The fraction of sp³-hybridized carbons (Fsp3) is 0.345. The minimum absolute atomic E-state index is 0.0912. The summed E-state index contributed by atoms with van der Waals surface area (Å²) in [6, 6.07) is 24.8. The van der Waals surface area contributed by atoms with Crippen LogP contribution in [-0.4, -0.2) is 24.4 Å². The molecule has 0 spiro atoms. The minimum Gasteiger partial charge on any atom is -0.497 e. The maximum Gasteiger partial charge on any atom is 0.213 e. The third kappa shape index (κ3) is 4.60. The number of benzene rings is 3. The van der Waals surface area contributed by atoms with Gasteiger partial charge in [-0.2, -0.15) is 5.10 Å². The van der Waals surface area contributed by atoms with E-state index in [1.807, 2.05) is 30.3 Å². The molecule has 0 saturated carbocycles. The number of ether oxygens (including phenoxy) is 3. The highest BCUT2D eigenvalue weighted by molar-refractivity contribution is 6.01. The van der Waals surface area contributed by atoms with Gasteiger partial charge in [0.1, 0.15) is 17.2 Å². The highest BCUT2D eigenvalue weighted by Crippen LogP contribution is 2.48. The van der Waals surface area contributed by atoms with Gasteiger partial charge in [-0.3, -0.25) is 0 Å². The lowest BCUT2D eigenvalue weighted by atomic mass is 9.95. The lowest BCUT2D eigenvalue weighted by Crippen LogP contribution is -2.33. The third-order valence-corrected chi connectivity index (χ3v) is 6.54. The van der Waals surface area contributed by atoms with Crippen LogP contribution in [0.15, 0.2) is 77.9 Å². The summed E-state index contributed by atoms with van der Waals surface area (Å²) in [6.45, 7) is 2.98. The summed E-state index contributed by atoms with van der Waals surface area (Å²) in [5.41, 5.74) is 4.38. The number of nitrogens with zero attached hydrogens (tertiary/aromatic N) is 2. The van der Waals surface area contributed by atoms with Gasteiger partial charge in [0, 0.05) is 17.5 Å². The molecule has 2 heterocycles. The highest BCUT2D eigenvalue weighted by Gasteiger charge is 2.41. The van der Waals surface area contributed by atoms with Gasteiger partial charge in [0.05, 0.1) is 25.5 Å². The molecule has 0 N–H and O–H groups in total. The number of rotatable bonds is 9. The Hall–Kier alpha value is -3.47. The van der Waals surface area contributed by atoms with E-state index in [1.54, 1.807) is 7.11 Å². The van der Waals surface area contributed by atoms with E-state index in [1.165, 1.54) is 19.3 Å². The summed E-state index contributed by atoms with van der Waals surface area (Å²) < 4.78 is 17.9. The number of unbranched alkanes of at least 4 members (excludes halogenated alkanes) is 3. The van der Waals surface area contributed by atoms with E-state index in [9.17, 15) is 0 Å². The van der Waals surface area contributed by atoms with E-state index in [0.29, 0.717) is 0 Å². The number of fused-ring (bicyclic) bond motifs is 3. The largest absolute Gasteiger partial charge is 0.497 e. The molecule has 5 nitrogen and oxygen atoms in total. The molecular weight excluding hydrogens is 424 g/mol. The lowest BCUT2D eigenvalue weighted by molar-refractivity contribution is -0.0191. The van der Waals surface area contributed by atoms with E-state index in [-0.39, 0.29) is 12.3 Å². The van der Waals surface area contributed by atoms with E-state index >= 15 is 0 Å². The van der Waals surface area contributed by atoms with Crippen molar-refractivity contribution in [2.24, 2.45) is 5.10 Å². The average molecular weight is 457 g/mol. The van der Waals surface area contributed by atoms with Crippen LogP contribution in [0.4, 0.5) is 0 Å². The molecule has 0 amide bonds. The zero-order chi connectivity index (χ0) is 23.3. The molecule has 0 unspecified atom stereocenters. The van der Waals surface area contributed by atoms with E-state index in [2.05, 4.69) is 54.4 Å². The molecule has 3 aromatic rings. The molecule has 0 bridgehead atoms. The molecular formula is C29H32N2O3. The molecule has 0 radical (unpaired) electrons. The van der Waals surface area contributed by atoms with E-state index in [4.69, 9.17) is 19.3 Å². The van der Waals surface area contributed by atoms with Crippen LogP contribution in [-0.2, 0) is 0 Å². The number of hydrogen-bond acceptors (Lipinski definition) is 5. The van der Waals surface area contributed by atoms with Gasteiger partial charge in [-0.15, -0.1) is 0 Å². The molecule has 5 heteroatoms. The number of hydrazone groups is 1. The Balaban J connectivity index is 1.40. The normalized spacial score (nSPS) is 18.5. The zero-order valence-electron chi connectivity index (χ0n) is 19.9. The highest BCUT2D eigenvalue weighted by atomic mass is 16.5. The van der Waals surface area contributed by atoms with Crippen LogP contribution >= 0.6 is 0 Å². The van der Waals surface area contributed by atoms with Crippen molar-refractivity contribution in [3.8, 4) is 17.2 Å². The lowest BCUT2D eigenvalue weighted by Gasteiger charge is -2.38. The van der Waals surface area contributed by atoms with Crippen molar-refractivity contribution in [2.45, 2.75) is 51.3 Å². The van der Waals surface area contributed by atoms with Gasteiger partial charge >= 0.3 is 0 Å². The molecule has 0 aliphatic carbocycles. The summed E-state index contributed by atoms with van der Waals surface area (Å²) in [5, 5.41) is 7.15. The average Bonchev–Trinajstić information content (AvgIpc) is 3.35. The summed E-state index contributed by atoms with van der Waals surface area (Å²) in [7, 11) is 1.69. The first-order valence-corrected chi connectivity index (χ1v) is 12.3. The fourth-order valence-electron chi connectivity index (χ4n) is 4.66. The predicted molar refractivity (Wildman–Crippen MR) is 135 cm³/mol. The van der Waals surface area contributed by atoms with Crippen LogP contribution < -0.4 is 14.2 Å². The van der Waals surface area contributed by atoms with E-state index < -0.39 is 0 Å². The maximum absolute atomic E-state index is 6.50. The first kappa shape index (κ1) is 22.3. The van der Waals surface area contributed by atoms with Crippen molar-refractivity contribution in [3.05, 3.63) is 89.5 Å². The number of hydrogen-bond donors (Lipinski definition) is 0. The maximum atomic E-state index is 6.50. The van der Waals surface area contributed by atoms with Gasteiger partial charge in [-0.25, -0.2) is 5.01 Å². The zero-order valence-corrected chi connectivity index (χ0v) is 19.9. The molecule has 2 atom stereocenters. The predicted octanol–water partition coefficient (Wildman–Crippen LogP) is 6.90. The van der Waals surface area contributed by atoms with Gasteiger partial charge in [-0.1, -0.05) is 56.5 Å². The van der Waals surface area contributed by atoms with Gasteiger partial charge in [0.15, 0.2) is 0 Å². The van der Waals surface area contributed by atoms with Crippen LogP contribution in [0.25, 0.3) is 0 Å². The Morgan fingerprint density at radius 1 is 0.941 bits per heavy atom. The summed E-state index contributed by atoms with van der Waals surface area (Å²) in [5.74, 6) is 2.61. The molecule has 2 aliphatic rings. The molecule has 0 aromatic heterocycles. The van der Waals surface area contributed by atoms with Gasteiger partial charge in [0.25, 0.3) is 0 Å². The molecule has 0 saturated heterocycles. The van der Waals surface area contributed by atoms with Crippen molar-refractivity contribution < 1.29 is 14.2 Å². The Bertz CT molecular complexity index is 1130. The second-order valence-electron chi connectivity index (χ2n) is 8.86. The van der Waals surface area contributed by atoms with Gasteiger partial charge < -0.3 is 14.2 Å². The topological polar surface area (TPSA) is 43.3 Å². The Labute approximate surface area is 202 Å². The molecule has 3 aromatic carbocycles. The van der Waals surface area contributed by atoms with Crippen LogP contribution in [0.2, 0.25) is 0 Å². The summed E-state index contributed by atoms with van der Waals surface area (Å²) in [6.07, 6.45) is 5.32. The van der Waals surface area contributed by atoms with Crippen LogP contribution in [0.1, 0.15) is 68.0 Å². The minimum atomic E-state index is -0.300. The standard InChI is InChI=1S/C29H32N2O3/c1-3-4-5-9-18-33-23-14-12-22(13-15-23)29-31-27(20-26(30-31)21-10-7-6-8-11-21)25-19-24(32-2)16-17-28(25)34-29/h6-8,10-17,19,27,29H,3-5,9,18,20H2,1-2H3/t27-,29-/m0/s1. The number of methoxy groups -OCH3 is 1. The quantitative estimate of drug-likeness (QED) is 0.329. The molecule has 34 heavy (non-hydrogen) atoms. The third-order valence-electron chi connectivity index (χ3n) is 6.54. The summed E-state index contributed by atoms with van der Waals surface area (Å²) >= 11 is 0. The Morgan fingerprint density at radius 2 is 1.74 bits per heavy atom. The monoisotopic (exact) mass is 456 g/mol. The molecule has 2 aliphatic heterocycles. The fourth-order valence-corrected chi connectivity index (χ4v) is 4.66. The SMILES string of the molecule is CCCCCCOc1ccc([C@@H]2Oc3ccc(OC)cc3[C@@H]3CC(c4ccccc4)=NN32)cc1. The van der Waals surface area contributed by atoms with Crippen molar-refractivity contribution in [1.82, 2.24) is 5.01 Å².